The zero-order valence-corrected chi connectivity index (χ0v) is 12.3. The van der Waals surface area contributed by atoms with Crippen molar-refractivity contribution in [1.29, 1.82) is 0 Å². The summed E-state index contributed by atoms with van der Waals surface area (Å²) in [4.78, 5) is 16.6. The summed E-state index contributed by atoms with van der Waals surface area (Å²) in [7, 11) is -3.27. The van der Waals surface area contributed by atoms with Crippen molar-refractivity contribution in [1.82, 2.24) is 9.80 Å². The van der Waals surface area contributed by atoms with Crippen molar-refractivity contribution in [3.05, 3.63) is 0 Å². The standard InChI is InChI=1S/C13H22N2O3S/c1-19(17,18)13(4-5-13)12(16)15-8-6-14(7-9-15)10-11-2-3-11/h11H,2-10H2,1H3. The van der Waals surface area contributed by atoms with E-state index in [1.54, 1.807) is 4.90 Å². The Labute approximate surface area is 114 Å². The van der Waals surface area contributed by atoms with Crippen molar-refractivity contribution in [3.8, 4) is 0 Å². The van der Waals surface area contributed by atoms with Crippen molar-refractivity contribution in [2.24, 2.45) is 5.92 Å². The number of carbonyl (C=O) groups excluding carboxylic acids is 1. The largest absolute Gasteiger partial charge is 0.339 e. The van der Waals surface area contributed by atoms with Gasteiger partial charge in [0, 0.05) is 39.0 Å². The average Bonchev–Trinajstić information content (AvgIpc) is 3.22. The zero-order valence-electron chi connectivity index (χ0n) is 11.5. The van der Waals surface area contributed by atoms with Crippen LogP contribution in [0.1, 0.15) is 25.7 Å². The summed E-state index contributed by atoms with van der Waals surface area (Å²) in [5.74, 6) is 0.717. The molecule has 0 N–H and O–H groups in total. The van der Waals surface area contributed by atoms with Gasteiger partial charge in [-0.15, -0.1) is 0 Å². The van der Waals surface area contributed by atoms with Gasteiger partial charge in [-0.05, 0) is 31.6 Å². The molecule has 0 aromatic heterocycles. The van der Waals surface area contributed by atoms with Gasteiger partial charge >= 0.3 is 0 Å². The smallest absolute Gasteiger partial charge is 0.244 e. The molecular weight excluding hydrogens is 264 g/mol. The van der Waals surface area contributed by atoms with Gasteiger partial charge in [-0.2, -0.15) is 0 Å². The topological polar surface area (TPSA) is 57.7 Å². The Hall–Kier alpha value is -0.620. The maximum absolute atomic E-state index is 12.4. The van der Waals surface area contributed by atoms with Crippen molar-refractivity contribution < 1.29 is 13.2 Å². The Morgan fingerprint density at radius 1 is 1.16 bits per heavy atom. The first-order chi connectivity index (χ1) is 8.92. The van der Waals surface area contributed by atoms with Crippen LogP contribution in [0.3, 0.4) is 0 Å². The maximum Gasteiger partial charge on any atom is 0.244 e. The van der Waals surface area contributed by atoms with Gasteiger partial charge in [0.1, 0.15) is 0 Å². The molecule has 0 bridgehead atoms. The van der Waals surface area contributed by atoms with Gasteiger partial charge in [-0.25, -0.2) is 8.42 Å². The number of sulfone groups is 1. The number of carbonyl (C=O) groups is 1. The van der Waals surface area contributed by atoms with Crippen LogP contribution in [0, 0.1) is 5.92 Å². The molecule has 19 heavy (non-hydrogen) atoms. The second kappa shape index (κ2) is 4.45. The number of hydrogen-bond donors (Lipinski definition) is 0. The quantitative estimate of drug-likeness (QED) is 0.736. The van der Waals surface area contributed by atoms with E-state index in [4.69, 9.17) is 0 Å². The third kappa shape index (κ3) is 2.52. The summed E-state index contributed by atoms with van der Waals surface area (Å²) in [6, 6.07) is 0. The van der Waals surface area contributed by atoms with Crippen molar-refractivity contribution in [3.63, 3.8) is 0 Å². The first-order valence-electron chi connectivity index (χ1n) is 7.14. The van der Waals surface area contributed by atoms with E-state index in [0.29, 0.717) is 25.9 Å². The third-order valence-corrected chi connectivity index (χ3v) is 6.68. The van der Waals surface area contributed by atoms with E-state index in [9.17, 15) is 13.2 Å². The third-order valence-electron chi connectivity index (χ3n) is 4.68. The van der Waals surface area contributed by atoms with Gasteiger partial charge < -0.3 is 4.90 Å². The van der Waals surface area contributed by atoms with Crippen molar-refractivity contribution >= 4 is 15.7 Å². The molecule has 2 aliphatic carbocycles. The van der Waals surface area contributed by atoms with E-state index in [0.717, 1.165) is 25.6 Å². The van der Waals surface area contributed by atoms with E-state index in [1.165, 1.54) is 19.1 Å². The van der Waals surface area contributed by atoms with E-state index in [1.807, 2.05) is 0 Å². The Morgan fingerprint density at radius 3 is 2.16 bits per heavy atom. The van der Waals surface area contributed by atoms with Crippen molar-refractivity contribution in [2.45, 2.75) is 30.4 Å². The van der Waals surface area contributed by atoms with E-state index >= 15 is 0 Å². The fourth-order valence-corrected chi connectivity index (χ4v) is 4.23. The van der Waals surface area contributed by atoms with Gasteiger partial charge in [0.2, 0.25) is 5.91 Å². The summed E-state index contributed by atoms with van der Waals surface area (Å²) >= 11 is 0. The predicted octanol–water partition coefficient (Wildman–Crippen LogP) is 0.118. The monoisotopic (exact) mass is 286 g/mol. The first-order valence-corrected chi connectivity index (χ1v) is 9.03. The highest BCUT2D eigenvalue weighted by atomic mass is 32.2. The fraction of sp³-hybridized carbons (Fsp3) is 0.923. The molecule has 1 heterocycles. The Balaban J connectivity index is 1.57. The summed E-state index contributed by atoms with van der Waals surface area (Å²) in [5.41, 5.74) is 0. The van der Waals surface area contributed by atoms with Gasteiger partial charge in [0.05, 0.1) is 0 Å². The lowest BCUT2D eigenvalue weighted by Gasteiger charge is -2.36. The molecule has 6 heteroatoms. The molecule has 1 aliphatic heterocycles. The molecule has 3 rings (SSSR count). The van der Waals surface area contributed by atoms with Crippen LogP contribution in [0.2, 0.25) is 0 Å². The molecule has 5 nitrogen and oxygen atoms in total. The van der Waals surface area contributed by atoms with Crippen LogP contribution in [0.5, 0.6) is 0 Å². The van der Waals surface area contributed by atoms with Gasteiger partial charge in [0.25, 0.3) is 0 Å². The minimum atomic E-state index is -3.27. The summed E-state index contributed by atoms with van der Waals surface area (Å²) in [6.45, 7) is 4.30. The second-order valence-electron chi connectivity index (χ2n) is 6.30. The highest BCUT2D eigenvalue weighted by Crippen LogP contribution is 2.44. The fourth-order valence-electron chi connectivity index (χ4n) is 2.94. The van der Waals surface area contributed by atoms with E-state index < -0.39 is 14.6 Å². The van der Waals surface area contributed by atoms with Gasteiger partial charge in [0.15, 0.2) is 14.6 Å². The Morgan fingerprint density at radius 2 is 1.74 bits per heavy atom. The molecule has 0 spiro atoms. The average molecular weight is 286 g/mol. The molecule has 108 valence electrons. The minimum Gasteiger partial charge on any atom is -0.339 e. The summed E-state index contributed by atoms with van der Waals surface area (Å²) < 4.78 is 22.5. The SMILES string of the molecule is CS(=O)(=O)C1(C(=O)N2CCN(CC3CC3)CC2)CC1. The van der Waals surface area contributed by atoms with Crippen LogP contribution in [-0.2, 0) is 14.6 Å². The molecule has 0 atom stereocenters. The Kier molecular flexibility index (Phi) is 3.13. The highest BCUT2D eigenvalue weighted by Gasteiger charge is 2.60. The van der Waals surface area contributed by atoms with Crippen LogP contribution >= 0.6 is 0 Å². The molecule has 3 fully saturated rings. The molecule has 1 saturated heterocycles. The number of amides is 1. The van der Waals surface area contributed by atoms with Gasteiger partial charge in [-0.1, -0.05) is 0 Å². The number of hydrogen-bond acceptors (Lipinski definition) is 4. The van der Waals surface area contributed by atoms with Crippen LogP contribution in [0.4, 0.5) is 0 Å². The lowest BCUT2D eigenvalue weighted by molar-refractivity contribution is -0.133. The molecule has 3 aliphatic rings. The lowest BCUT2D eigenvalue weighted by atomic mass is 10.2. The highest BCUT2D eigenvalue weighted by molar-refractivity contribution is 7.93. The molecule has 1 amide bonds. The first kappa shape index (κ1) is 13.4. The van der Waals surface area contributed by atoms with Crippen molar-refractivity contribution in [2.75, 3.05) is 39.0 Å². The second-order valence-corrected chi connectivity index (χ2v) is 8.63. The predicted molar refractivity (Wildman–Crippen MR) is 72.6 cm³/mol. The lowest BCUT2D eigenvalue weighted by Crippen LogP contribution is -2.53. The van der Waals surface area contributed by atoms with Crippen LogP contribution < -0.4 is 0 Å². The van der Waals surface area contributed by atoms with Crippen LogP contribution in [0.15, 0.2) is 0 Å². The van der Waals surface area contributed by atoms with Gasteiger partial charge in [-0.3, -0.25) is 9.69 Å². The molecular formula is C13H22N2O3S. The Bertz CT molecular complexity index is 472. The van der Waals surface area contributed by atoms with E-state index in [2.05, 4.69) is 4.90 Å². The summed E-state index contributed by atoms with van der Waals surface area (Å²) in [5, 5.41) is 0. The minimum absolute atomic E-state index is 0.152. The number of piperazine rings is 1. The zero-order chi connectivity index (χ0) is 13.7. The van der Waals surface area contributed by atoms with E-state index in [-0.39, 0.29) is 5.91 Å². The molecule has 0 aromatic rings. The number of nitrogens with zero attached hydrogens (tertiary/aromatic N) is 2. The molecule has 0 aromatic carbocycles. The van der Waals surface area contributed by atoms with Crippen LogP contribution in [-0.4, -0.2) is 67.9 Å². The van der Waals surface area contributed by atoms with Crippen LogP contribution in [0.25, 0.3) is 0 Å². The molecule has 2 saturated carbocycles. The normalized spacial score (nSPS) is 27.3. The maximum atomic E-state index is 12.4. The molecule has 0 radical (unpaired) electrons. The summed E-state index contributed by atoms with van der Waals surface area (Å²) in [6.07, 6.45) is 4.90. The molecule has 0 unspecified atom stereocenters. The number of rotatable bonds is 4.